The molecule has 1 heterocycles. The summed E-state index contributed by atoms with van der Waals surface area (Å²) < 4.78 is 11.0. The number of nitro groups is 1. The van der Waals surface area contributed by atoms with E-state index < -0.39 is 4.92 Å². The first-order chi connectivity index (χ1) is 16.3. The molecule has 1 aliphatic rings. The van der Waals surface area contributed by atoms with Crippen LogP contribution in [0.5, 0.6) is 11.5 Å². The highest BCUT2D eigenvalue weighted by atomic mass is 16.6. The number of carbonyl (C=O) groups excluding carboxylic acids is 1. The van der Waals surface area contributed by atoms with Gasteiger partial charge in [-0.1, -0.05) is 30.3 Å². The third kappa shape index (κ3) is 4.14. The standard InChI is InChI=1S/C26H27N3O5/c1-27(2)21-11-10-19(14-22(21)29(31)32)26(30)28-13-12-18-15-23(33-3)24(34-4)16-20(18)25(28)17-8-6-5-7-9-17/h5-11,14-16,25H,12-13H2,1-4H3. The molecule has 0 aliphatic carbocycles. The summed E-state index contributed by atoms with van der Waals surface area (Å²) >= 11 is 0. The third-order valence-corrected chi connectivity index (χ3v) is 6.15. The molecule has 0 spiro atoms. The number of anilines is 1. The van der Waals surface area contributed by atoms with Crippen molar-refractivity contribution in [3.05, 3.63) is 93.0 Å². The zero-order chi connectivity index (χ0) is 24.4. The van der Waals surface area contributed by atoms with Gasteiger partial charge in [0.2, 0.25) is 0 Å². The van der Waals surface area contributed by atoms with Gasteiger partial charge in [-0.25, -0.2) is 0 Å². The van der Waals surface area contributed by atoms with Crippen LogP contribution in [0, 0.1) is 10.1 Å². The Balaban J connectivity index is 1.83. The van der Waals surface area contributed by atoms with Crippen LogP contribution in [-0.2, 0) is 6.42 Å². The maximum Gasteiger partial charge on any atom is 0.293 e. The molecule has 3 aromatic rings. The highest BCUT2D eigenvalue weighted by molar-refractivity contribution is 5.96. The number of rotatable bonds is 6. The molecular weight excluding hydrogens is 434 g/mol. The average Bonchev–Trinajstić information content (AvgIpc) is 2.86. The molecule has 0 saturated carbocycles. The van der Waals surface area contributed by atoms with Crippen molar-refractivity contribution in [2.45, 2.75) is 12.5 Å². The van der Waals surface area contributed by atoms with Crippen molar-refractivity contribution in [3.8, 4) is 11.5 Å². The average molecular weight is 462 g/mol. The summed E-state index contributed by atoms with van der Waals surface area (Å²) in [6.07, 6.45) is 0.628. The second kappa shape index (κ2) is 9.43. The minimum Gasteiger partial charge on any atom is -0.493 e. The van der Waals surface area contributed by atoms with Gasteiger partial charge in [-0.05, 0) is 47.4 Å². The van der Waals surface area contributed by atoms with Crippen LogP contribution in [0.25, 0.3) is 0 Å². The summed E-state index contributed by atoms with van der Waals surface area (Å²) in [5, 5.41) is 11.7. The molecule has 176 valence electrons. The Bertz CT molecular complexity index is 1230. The molecule has 0 aromatic heterocycles. The third-order valence-electron chi connectivity index (χ3n) is 6.15. The number of amides is 1. The molecule has 0 saturated heterocycles. The predicted molar refractivity (Wildman–Crippen MR) is 130 cm³/mol. The Morgan fingerprint density at radius 2 is 1.71 bits per heavy atom. The van der Waals surface area contributed by atoms with Crippen molar-refractivity contribution in [1.29, 1.82) is 0 Å². The molecule has 4 rings (SSSR count). The van der Waals surface area contributed by atoms with Crippen LogP contribution in [0.4, 0.5) is 11.4 Å². The minimum atomic E-state index is -0.455. The van der Waals surface area contributed by atoms with E-state index in [0.29, 0.717) is 30.2 Å². The Hall–Kier alpha value is -4.07. The molecule has 0 radical (unpaired) electrons. The van der Waals surface area contributed by atoms with Gasteiger partial charge in [0.05, 0.1) is 25.2 Å². The van der Waals surface area contributed by atoms with Gasteiger partial charge in [0.1, 0.15) is 5.69 Å². The van der Waals surface area contributed by atoms with Crippen LogP contribution in [0.3, 0.4) is 0 Å². The summed E-state index contributed by atoms with van der Waals surface area (Å²) in [5.74, 6) is 0.966. The van der Waals surface area contributed by atoms with E-state index in [1.807, 2.05) is 42.5 Å². The number of nitro benzene ring substituents is 1. The second-order valence-corrected chi connectivity index (χ2v) is 8.32. The lowest BCUT2D eigenvalue weighted by Crippen LogP contribution is -2.40. The van der Waals surface area contributed by atoms with Crippen LogP contribution >= 0.6 is 0 Å². The highest BCUT2D eigenvalue weighted by Crippen LogP contribution is 2.42. The SMILES string of the molecule is COc1cc2c(cc1OC)C(c1ccccc1)N(C(=O)c1ccc(N(C)C)c([N+](=O)[O-])c1)CC2. The second-order valence-electron chi connectivity index (χ2n) is 8.32. The number of ether oxygens (including phenoxy) is 2. The smallest absolute Gasteiger partial charge is 0.293 e. The summed E-state index contributed by atoms with van der Waals surface area (Å²) in [5.41, 5.74) is 3.59. The lowest BCUT2D eigenvalue weighted by atomic mass is 9.87. The van der Waals surface area contributed by atoms with Gasteiger partial charge in [0, 0.05) is 32.3 Å². The van der Waals surface area contributed by atoms with Gasteiger partial charge in [0.25, 0.3) is 11.6 Å². The van der Waals surface area contributed by atoms with E-state index in [2.05, 4.69) is 0 Å². The summed E-state index contributed by atoms with van der Waals surface area (Å²) in [6.45, 7) is 0.462. The monoisotopic (exact) mass is 461 g/mol. The van der Waals surface area contributed by atoms with E-state index >= 15 is 0 Å². The fourth-order valence-electron chi connectivity index (χ4n) is 4.51. The fourth-order valence-corrected chi connectivity index (χ4v) is 4.51. The van der Waals surface area contributed by atoms with E-state index in [1.165, 1.54) is 6.07 Å². The molecule has 1 aliphatic heterocycles. The molecule has 0 fully saturated rings. The van der Waals surface area contributed by atoms with Gasteiger partial charge in [0.15, 0.2) is 11.5 Å². The zero-order valence-electron chi connectivity index (χ0n) is 19.6. The normalized spacial score (nSPS) is 14.8. The Morgan fingerprint density at radius 3 is 2.32 bits per heavy atom. The molecular formula is C26H27N3O5. The predicted octanol–water partition coefficient (Wildman–Crippen LogP) is 4.47. The first kappa shape index (κ1) is 23.1. The first-order valence-electron chi connectivity index (χ1n) is 10.9. The molecule has 8 nitrogen and oxygen atoms in total. The van der Waals surface area contributed by atoms with Crippen LogP contribution in [-0.4, -0.2) is 50.6 Å². The summed E-state index contributed by atoms with van der Waals surface area (Å²) in [6, 6.07) is 17.9. The Morgan fingerprint density at radius 1 is 1.03 bits per heavy atom. The lowest BCUT2D eigenvalue weighted by Gasteiger charge is -2.38. The fraction of sp³-hybridized carbons (Fsp3) is 0.269. The Labute approximate surface area is 198 Å². The molecule has 3 aromatic carbocycles. The van der Waals surface area contributed by atoms with Gasteiger partial charge in [-0.15, -0.1) is 0 Å². The molecule has 1 unspecified atom stereocenters. The van der Waals surface area contributed by atoms with Crippen molar-refractivity contribution < 1.29 is 19.2 Å². The molecule has 0 bridgehead atoms. The van der Waals surface area contributed by atoms with Crippen LogP contribution < -0.4 is 14.4 Å². The number of nitrogens with zero attached hydrogens (tertiary/aromatic N) is 3. The molecule has 8 heteroatoms. The van der Waals surface area contributed by atoms with E-state index in [9.17, 15) is 14.9 Å². The van der Waals surface area contributed by atoms with Crippen LogP contribution in [0.2, 0.25) is 0 Å². The van der Waals surface area contributed by atoms with Crippen molar-refractivity contribution in [2.75, 3.05) is 39.8 Å². The van der Waals surface area contributed by atoms with Crippen molar-refractivity contribution in [2.24, 2.45) is 0 Å². The lowest BCUT2D eigenvalue weighted by molar-refractivity contribution is -0.384. The van der Waals surface area contributed by atoms with Crippen molar-refractivity contribution in [3.63, 3.8) is 0 Å². The number of hydrogen-bond acceptors (Lipinski definition) is 6. The van der Waals surface area contributed by atoms with Crippen molar-refractivity contribution in [1.82, 2.24) is 4.90 Å². The number of carbonyl (C=O) groups is 1. The molecule has 1 atom stereocenters. The quantitative estimate of drug-likeness (QED) is 0.398. The molecule has 1 amide bonds. The van der Waals surface area contributed by atoms with Gasteiger partial charge >= 0.3 is 0 Å². The number of hydrogen-bond donors (Lipinski definition) is 0. The number of benzene rings is 3. The van der Waals surface area contributed by atoms with Crippen LogP contribution in [0.15, 0.2) is 60.7 Å². The number of methoxy groups -OCH3 is 2. The molecule has 34 heavy (non-hydrogen) atoms. The van der Waals surface area contributed by atoms with Gasteiger partial charge < -0.3 is 19.3 Å². The van der Waals surface area contributed by atoms with Crippen molar-refractivity contribution >= 4 is 17.3 Å². The van der Waals surface area contributed by atoms with Crippen LogP contribution in [0.1, 0.15) is 33.1 Å². The number of fused-ring (bicyclic) bond motifs is 1. The maximum absolute atomic E-state index is 13.8. The van der Waals surface area contributed by atoms with E-state index in [4.69, 9.17) is 9.47 Å². The first-order valence-corrected chi connectivity index (χ1v) is 10.9. The van der Waals surface area contributed by atoms with E-state index in [-0.39, 0.29) is 23.2 Å². The van der Waals surface area contributed by atoms with E-state index in [0.717, 1.165) is 16.7 Å². The van der Waals surface area contributed by atoms with E-state index in [1.54, 1.807) is 50.2 Å². The minimum absolute atomic E-state index is 0.101. The summed E-state index contributed by atoms with van der Waals surface area (Å²) in [7, 11) is 6.65. The molecule has 0 N–H and O–H groups in total. The largest absolute Gasteiger partial charge is 0.493 e. The zero-order valence-corrected chi connectivity index (χ0v) is 19.6. The van der Waals surface area contributed by atoms with Gasteiger partial charge in [-0.3, -0.25) is 14.9 Å². The highest BCUT2D eigenvalue weighted by Gasteiger charge is 2.34. The Kier molecular flexibility index (Phi) is 6.40. The maximum atomic E-state index is 13.8. The summed E-state index contributed by atoms with van der Waals surface area (Å²) in [4.78, 5) is 28.4. The van der Waals surface area contributed by atoms with Gasteiger partial charge in [-0.2, -0.15) is 0 Å². The topological polar surface area (TPSA) is 85.2 Å².